The van der Waals surface area contributed by atoms with Crippen LogP contribution in [0.15, 0.2) is 86.5 Å². The van der Waals surface area contributed by atoms with Crippen molar-refractivity contribution in [3.63, 3.8) is 0 Å². The summed E-state index contributed by atoms with van der Waals surface area (Å²) in [4.78, 5) is 15.3. The van der Waals surface area contributed by atoms with Gasteiger partial charge in [-0.2, -0.15) is 5.10 Å². The Hall–Kier alpha value is -3.45. The number of nitrogens with zero attached hydrogens (tertiary/aromatic N) is 3. The van der Waals surface area contributed by atoms with Gasteiger partial charge in [0.15, 0.2) is 5.17 Å². The molecule has 0 aliphatic carbocycles. The molecular formula is C26H24FN3O2S. The van der Waals surface area contributed by atoms with Gasteiger partial charge >= 0.3 is 0 Å². The fourth-order valence-corrected chi connectivity index (χ4v) is 4.14. The summed E-state index contributed by atoms with van der Waals surface area (Å²) in [6.07, 6.45) is 4.95. The summed E-state index contributed by atoms with van der Waals surface area (Å²) in [5.41, 5.74) is 2.94. The Labute approximate surface area is 196 Å². The molecule has 3 aromatic rings. The first-order valence-corrected chi connectivity index (χ1v) is 11.3. The van der Waals surface area contributed by atoms with Gasteiger partial charge in [0.05, 0.1) is 23.9 Å². The van der Waals surface area contributed by atoms with Gasteiger partial charge in [0.25, 0.3) is 5.91 Å². The minimum Gasteiger partial charge on any atom is -0.467 e. The Balaban J connectivity index is 1.59. The highest BCUT2D eigenvalue weighted by Gasteiger charge is 2.34. The number of furan rings is 1. The van der Waals surface area contributed by atoms with Crippen LogP contribution in [-0.4, -0.2) is 22.2 Å². The second kappa shape index (κ2) is 9.58. The maximum atomic E-state index is 13.2. The summed E-state index contributed by atoms with van der Waals surface area (Å²) >= 11 is 1.26. The lowest BCUT2D eigenvalue weighted by Crippen LogP contribution is -2.28. The van der Waals surface area contributed by atoms with Crippen LogP contribution < -0.4 is 0 Å². The first-order chi connectivity index (χ1) is 15.8. The van der Waals surface area contributed by atoms with Crippen LogP contribution in [0.1, 0.15) is 43.2 Å². The molecule has 1 amide bonds. The number of amidine groups is 1. The summed E-state index contributed by atoms with van der Waals surface area (Å²) in [5, 5.41) is 8.84. The highest BCUT2D eigenvalue weighted by molar-refractivity contribution is 8.18. The van der Waals surface area contributed by atoms with Crippen LogP contribution in [-0.2, 0) is 16.8 Å². The molecule has 168 valence electrons. The standard InChI is InChI=1S/C26H24FN3O2S/c1-26(2,3)20-10-6-18(7-11-20)15-23-24(31)30(17-22-5-4-14-32-22)25(33-23)29-28-16-19-8-12-21(27)13-9-19/h4-16H,17H2,1-3H3/b23-15-,28-16-,29-25+. The minimum atomic E-state index is -0.314. The van der Waals surface area contributed by atoms with Crippen LogP contribution in [0.4, 0.5) is 4.39 Å². The van der Waals surface area contributed by atoms with E-state index >= 15 is 0 Å². The normalized spacial score (nSPS) is 17.1. The number of hydrogen-bond acceptors (Lipinski definition) is 5. The Bertz CT molecular complexity index is 1210. The van der Waals surface area contributed by atoms with E-state index < -0.39 is 0 Å². The summed E-state index contributed by atoms with van der Waals surface area (Å²) in [7, 11) is 0. The fraction of sp³-hybridized carbons (Fsp3) is 0.192. The van der Waals surface area contributed by atoms with E-state index in [-0.39, 0.29) is 23.7 Å². The Morgan fingerprint density at radius 3 is 2.36 bits per heavy atom. The molecule has 0 atom stereocenters. The molecule has 33 heavy (non-hydrogen) atoms. The second-order valence-corrected chi connectivity index (χ2v) is 9.64. The molecule has 1 saturated heterocycles. The number of carbonyl (C=O) groups excluding carboxylic acids is 1. The van der Waals surface area contributed by atoms with Crippen LogP contribution in [0.25, 0.3) is 6.08 Å². The Morgan fingerprint density at radius 1 is 1.03 bits per heavy atom. The molecule has 1 fully saturated rings. The fourth-order valence-electron chi connectivity index (χ4n) is 3.20. The molecule has 0 unspecified atom stereocenters. The van der Waals surface area contributed by atoms with Gasteiger partial charge in [-0.1, -0.05) is 57.2 Å². The molecule has 4 rings (SSSR count). The highest BCUT2D eigenvalue weighted by Crippen LogP contribution is 2.34. The lowest BCUT2D eigenvalue weighted by molar-refractivity contribution is -0.122. The van der Waals surface area contributed by atoms with E-state index in [1.807, 2.05) is 24.3 Å². The van der Waals surface area contributed by atoms with Crippen molar-refractivity contribution < 1.29 is 13.6 Å². The van der Waals surface area contributed by atoms with Gasteiger partial charge in [-0.25, -0.2) is 4.39 Å². The molecule has 2 heterocycles. The van der Waals surface area contributed by atoms with E-state index in [4.69, 9.17) is 4.42 Å². The molecule has 0 spiro atoms. The SMILES string of the molecule is CC(C)(C)c1ccc(/C=C2\S/C(=N/N=C\c3ccc(F)cc3)N(Cc3ccco3)C2=O)cc1. The van der Waals surface area contributed by atoms with Gasteiger partial charge in [-0.05, 0) is 64.2 Å². The number of halogens is 1. The molecule has 0 bridgehead atoms. The van der Waals surface area contributed by atoms with Crippen molar-refractivity contribution in [3.05, 3.63) is 100 Å². The first-order valence-electron chi connectivity index (χ1n) is 10.5. The lowest BCUT2D eigenvalue weighted by atomic mass is 9.87. The van der Waals surface area contributed by atoms with Crippen molar-refractivity contribution in [1.29, 1.82) is 0 Å². The van der Waals surface area contributed by atoms with Crippen molar-refractivity contribution in [3.8, 4) is 0 Å². The van der Waals surface area contributed by atoms with Gasteiger partial charge < -0.3 is 4.42 Å². The van der Waals surface area contributed by atoms with Gasteiger partial charge in [0, 0.05) is 0 Å². The van der Waals surface area contributed by atoms with E-state index in [9.17, 15) is 9.18 Å². The van der Waals surface area contributed by atoms with Crippen molar-refractivity contribution in [2.75, 3.05) is 0 Å². The third-order valence-corrected chi connectivity index (χ3v) is 6.07. The monoisotopic (exact) mass is 461 g/mol. The number of benzene rings is 2. The van der Waals surface area contributed by atoms with Crippen molar-refractivity contribution >= 4 is 35.1 Å². The zero-order valence-corrected chi connectivity index (χ0v) is 19.5. The summed E-state index contributed by atoms with van der Waals surface area (Å²) in [6, 6.07) is 17.7. The molecule has 0 saturated carbocycles. The predicted octanol–water partition coefficient (Wildman–Crippen LogP) is 6.22. The van der Waals surface area contributed by atoms with Gasteiger partial charge in [0.2, 0.25) is 0 Å². The van der Waals surface area contributed by atoms with Crippen molar-refractivity contribution in [1.82, 2.24) is 4.90 Å². The van der Waals surface area contributed by atoms with E-state index in [1.165, 1.54) is 35.7 Å². The number of rotatable bonds is 5. The van der Waals surface area contributed by atoms with Crippen molar-refractivity contribution in [2.24, 2.45) is 10.2 Å². The largest absolute Gasteiger partial charge is 0.467 e. The third-order valence-electron chi connectivity index (χ3n) is 5.08. The molecule has 7 heteroatoms. The molecule has 0 N–H and O–H groups in total. The van der Waals surface area contributed by atoms with Crippen LogP contribution in [0.5, 0.6) is 0 Å². The Kier molecular flexibility index (Phi) is 6.60. The predicted molar refractivity (Wildman–Crippen MR) is 131 cm³/mol. The smallest absolute Gasteiger partial charge is 0.267 e. The number of amides is 1. The van der Waals surface area contributed by atoms with Crippen LogP contribution in [0.2, 0.25) is 0 Å². The average molecular weight is 462 g/mol. The zero-order chi connectivity index (χ0) is 23.4. The maximum Gasteiger partial charge on any atom is 0.267 e. The minimum absolute atomic E-state index is 0.0613. The summed E-state index contributed by atoms with van der Waals surface area (Å²) < 4.78 is 18.5. The zero-order valence-electron chi connectivity index (χ0n) is 18.7. The molecule has 1 aliphatic heterocycles. The summed E-state index contributed by atoms with van der Waals surface area (Å²) in [5.74, 6) is 0.173. The summed E-state index contributed by atoms with van der Waals surface area (Å²) in [6.45, 7) is 6.75. The molecule has 5 nitrogen and oxygen atoms in total. The average Bonchev–Trinajstić information content (AvgIpc) is 3.39. The van der Waals surface area contributed by atoms with Gasteiger partial charge in [0.1, 0.15) is 11.6 Å². The number of carbonyl (C=O) groups is 1. The van der Waals surface area contributed by atoms with Gasteiger partial charge in [-0.3, -0.25) is 9.69 Å². The topological polar surface area (TPSA) is 58.2 Å². The van der Waals surface area contributed by atoms with Crippen molar-refractivity contribution in [2.45, 2.75) is 32.7 Å². The molecule has 2 aromatic carbocycles. The Morgan fingerprint density at radius 2 is 1.73 bits per heavy atom. The lowest BCUT2D eigenvalue weighted by Gasteiger charge is -2.18. The number of thioether (sulfide) groups is 1. The first kappa shape index (κ1) is 22.7. The van der Waals surface area contributed by atoms with E-state index in [2.05, 4.69) is 43.1 Å². The van der Waals surface area contributed by atoms with Crippen LogP contribution in [0.3, 0.4) is 0 Å². The van der Waals surface area contributed by atoms with Crippen LogP contribution in [0, 0.1) is 5.82 Å². The van der Waals surface area contributed by atoms with E-state index in [1.54, 1.807) is 29.4 Å². The third kappa shape index (κ3) is 5.68. The van der Waals surface area contributed by atoms with Crippen LogP contribution >= 0.6 is 11.8 Å². The quantitative estimate of drug-likeness (QED) is 0.257. The molecule has 1 aliphatic rings. The van der Waals surface area contributed by atoms with E-state index in [0.717, 1.165) is 5.56 Å². The maximum absolute atomic E-state index is 13.2. The van der Waals surface area contributed by atoms with Gasteiger partial charge in [-0.15, -0.1) is 5.10 Å². The second-order valence-electron chi connectivity index (χ2n) is 8.63. The highest BCUT2D eigenvalue weighted by atomic mass is 32.2. The molecule has 1 aromatic heterocycles. The molecular weight excluding hydrogens is 437 g/mol. The van der Waals surface area contributed by atoms with E-state index in [0.29, 0.717) is 21.4 Å². The number of hydrogen-bond donors (Lipinski definition) is 0. The molecule has 0 radical (unpaired) electrons.